The Hall–Kier alpha value is -9.29. The highest BCUT2D eigenvalue weighted by atomic mass is 35.5. The van der Waals surface area contributed by atoms with E-state index in [0.29, 0.717) is 16.8 Å². The van der Waals surface area contributed by atoms with Crippen molar-refractivity contribution in [1.29, 1.82) is 0 Å². The summed E-state index contributed by atoms with van der Waals surface area (Å²) < 4.78 is 9.42. The molecule has 0 bridgehead atoms. The average molecular weight is 1020 g/mol. The second-order valence-electron chi connectivity index (χ2n) is 15.6. The van der Waals surface area contributed by atoms with E-state index in [4.69, 9.17) is 42.1 Å². The number of carboxylic acids is 3. The predicted octanol–water partition coefficient (Wildman–Crippen LogP) is 10.1. The van der Waals surface area contributed by atoms with Crippen LogP contribution in [0.2, 0.25) is 5.28 Å². The molecule has 9 aromatic rings. The Bertz CT molecular complexity index is 3350. The van der Waals surface area contributed by atoms with Gasteiger partial charge < -0.3 is 46.1 Å². The summed E-state index contributed by atoms with van der Waals surface area (Å²) in [7, 11) is 2.87. The molecule has 8 aromatic carbocycles. The number of nitrogens with zero attached hydrogens (tertiary/aromatic N) is 3. The lowest BCUT2D eigenvalue weighted by atomic mass is 10.0. The largest absolute Gasteiger partial charge is 0.481 e. The van der Waals surface area contributed by atoms with Crippen molar-refractivity contribution >= 4 is 85.4 Å². The number of aromatic nitrogens is 3. The van der Waals surface area contributed by atoms with Gasteiger partial charge in [0, 0.05) is 11.3 Å². The van der Waals surface area contributed by atoms with Crippen LogP contribution in [0.3, 0.4) is 0 Å². The lowest BCUT2D eigenvalue weighted by Crippen LogP contribution is -2.17. The molecule has 0 aliphatic heterocycles. The fraction of sp³-hybridized carbons (Fsp3) is 0.107. The number of aliphatic carboxylic acids is 1. The number of para-hydroxylation sites is 2. The lowest BCUT2D eigenvalue weighted by molar-refractivity contribution is -0.139. The van der Waals surface area contributed by atoms with Crippen molar-refractivity contribution in [3.63, 3.8) is 0 Å². The quantitative estimate of drug-likeness (QED) is 0.0442. The summed E-state index contributed by atoms with van der Waals surface area (Å²) in [6.07, 6.45) is -1.47. The highest BCUT2D eigenvalue weighted by molar-refractivity contribution is 6.28. The third kappa shape index (κ3) is 16.9. The zero-order valence-corrected chi connectivity index (χ0v) is 40.5. The molecule has 1 heterocycles. The van der Waals surface area contributed by atoms with E-state index < -0.39 is 36.0 Å². The van der Waals surface area contributed by atoms with Crippen LogP contribution in [0.1, 0.15) is 67.3 Å². The summed E-state index contributed by atoms with van der Waals surface area (Å²) in [6, 6.07) is 53.0. The molecule has 74 heavy (non-hydrogen) atoms. The van der Waals surface area contributed by atoms with E-state index in [2.05, 4.69) is 20.3 Å². The number of aldehydes is 1. The molecule has 8 N–H and O–H groups in total. The molecule has 0 aliphatic carbocycles. The number of ether oxygens (including phenoxy) is 2. The van der Waals surface area contributed by atoms with Crippen molar-refractivity contribution in [3.8, 4) is 12.0 Å². The van der Waals surface area contributed by atoms with Crippen LogP contribution in [0.4, 0.5) is 11.4 Å². The molecule has 2 atom stereocenters. The van der Waals surface area contributed by atoms with Crippen LogP contribution in [-0.4, -0.2) is 84.8 Å². The monoisotopic (exact) mass is 1020 g/mol. The third-order valence-electron chi connectivity index (χ3n) is 10.5. The van der Waals surface area contributed by atoms with Gasteiger partial charge in [-0.15, -0.1) is 4.98 Å². The summed E-state index contributed by atoms with van der Waals surface area (Å²) in [6.45, 7) is 0. The Morgan fingerprint density at radius 1 is 0.554 bits per heavy atom. The molecule has 1 aromatic heterocycles. The maximum Gasteiger partial charge on any atom is 0.337 e. The molecule has 378 valence electrons. The topological polar surface area (TPSA) is 282 Å². The number of carbonyl (C=O) groups excluding carboxylic acids is 2. The molecule has 2 unspecified atom stereocenters. The van der Waals surface area contributed by atoms with Crippen LogP contribution in [0, 0.1) is 0 Å². The second kappa shape index (κ2) is 27.9. The van der Waals surface area contributed by atoms with Crippen molar-refractivity contribution in [3.05, 3.63) is 209 Å². The van der Waals surface area contributed by atoms with Crippen molar-refractivity contribution < 1.29 is 59.0 Å². The zero-order valence-electron chi connectivity index (χ0n) is 39.8. The van der Waals surface area contributed by atoms with Gasteiger partial charge in [-0.3, -0.25) is 14.4 Å². The number of methoxy groups -OCH3 is 2. The van der Waals surface area contributed by atoms with Gasteiger partial charge >= 0.3 is 29.9 Å². The van der Waals surface area contributed by atoms with Crippen LogP contribution in [0.5, 0.6) is 12.0 Å². The molecule has 0 fully saturated rings. The fourth-order valence-corrected chi connectivity index (χ4v) is 7.00. The van der Waals surface area contributed by atoms with E-state index in [0.717, 1.165) is 38.8 Å². The Morgan fingerprint density at radius 3 is 1.42 bits per heavy atom. The minimum atomic E-state index is -1.12. The number of aliphatic hydroxyl groups excluding tert-OH is 2. The summed E-state index contributed by atoms with van der Waals surface area (Å²) in [4.78, 5) is 65.6. The molecular weight excluding hydrogens is 970 g/mol. The first-order valence-corrected chi connectivity index (χ1v) is 22.7. The van der Waals surface area contributed by atoms with Gasteiger partial charge in [0.05, 0.1) is 56.1 Å². The number of aromatic carboxylic acids is 2. The number of hydrogen-bond donors (Lipinski definition) is 7. The van der Waals surface area contributed by atoms with E-state index in [1.165, 1.54) is 37.8 Å². The molecule has 0 radical (unpaired) electrons. The molecular formula is C56H50ClN5O12. The first kappa shape index (κ1) is 55.6. The molecule has 18 heteroatoms. The summed E-state index contributed by atoms with van der Waals surface area (Å²) in [5.74, 6) is -3.56. The number of halogens is 1. The van der Waals surface area contributed by atoms with Gasteiger partial charge in [0.1, 0.15) is 6.29 Å². The third-order valence-corrected chi connectivity index (χ3v) is 10.7. The Labute approximate surface area is 429 Å². The van der Waals surface area contributed by atoms with Crippen LogP contribution in [-0.2, 0) is 9.59 Å². The van der Waals surface area contributed by atoms with Crippen LogP contribution in [0.15, 0.2) is 176 Å². The lowest BCUT2D eigenvalue weighted by Gasteiger charge is -2.13. The average Bonchev–Trinajstić information content (AvgIpc) is 3.40. The minimum absolute atomic E-state index is 0.0102. The number of anilines is 2. The van der Waals surface area contributed by atoms with Gasteiger partial charge in [0.25, 0.3) is 0 Å². The van der Waals surface area contributed by atoms with Gasteiger partial charge in [0.2, 0.25) is 11.2 Å². The number of carbonyl (C=O) groups is 5. The van der Waals surface area contributed by atoms with Crippen molar-refractivity contribution in [2.75, 3.05) is 25.3 Å². The number of benzene rings is 8. The van der Waals surface area contributed by atoms with Gasteiger partial charge in [0.15, 0.2) is 0 Å². The smallest absolute Gasteiger partial charge is 0.337 e. The molecule has 0 spiro atoms. The second-order valence-corrected chi connectivity index (χ2v) is 16.0. The molecule has 0 saturated heterocycles. The minimum Gasteiger partial charge on any atom is -0.481 e. The number of nitrogens with two attached hydrogens (primary N) is 1. The number of fused-ring (bicyclic) bond motifs is 3. The maximum atomic E-state index is 12.2. The molecule has 1 amide bonds. The highest BCUT2D eigenvalue weighted by Gasteiger charge is 2.17. The number of aliphatic hydroxyl groups is 2. The molecule has 0 aliphatic rings. The molecule has 9 rings (SSSR count). The van der Waals surface area contributed by atoms with E-state index in [-0.39, 0.29) is 47.0 Å². The number of nitrogen functional groups attached to an aromatic ring is 1. The summed E-state index contributed by atoms with van der Waals surface area (Å²) >= 11 is 5.49. The van der Waals surface area contributed by atoms with Crippen LogP contribution in [0.25, 0.3) is 32.3 Å². The van der Waals surface area contributed by atoms with Gasteiger partial charge in [-0.2, -0.15) is 9.97 Å². The summed E-state index contributed by atoms with van der Waals surface area (Å²) in [5, 5.41) is 55.2. The van der Waals surface area contributed by atoms with E-state index >= 15 is 0 Å². The Morgan fingerprint density at radius 2 is 0.973 bits per heavy atom. The SMILES string of the molecule is COc1nc(Cl)nc(OC)n1.Nc1ccccc1C(=O)O.O=C(CC(O)c1ccc2ccccc2c1)Nc1ccccc1C(=O)O.O=C(O)CC(O)c1ccc2ccccc2c1.O=Cc1ccc2ccccc2c1. The van der Waals surface area contributed by atoms with Gasteiger partial charge in [-0.05, 0) is 97.5 Å². The fourth-order valence-electron chi connectivity index (χ4n) is 6.86. The van der Waals surface area contributed by atoms with Crippen LogP contribution >= 0.6 is 11.6 Å². The van der Waals surface area contributed by atoms with E-state index in [1.54, 1.807) is 42.5 Å². The van der Waals surface area contributed by atoms with Crippen molar-refractivity contribution in [2.45, 2.75) is 25.0 Å². The number of rotatable bonds is 12. The van der Waals surface area contributed by atoms with Crippen LogP contribution < -0.4 is 20.5 Å². The Balaban J connectivity index is 0.000000180. The summed E-state index contributed by atoms with van der Waals surface area (Å²) in [5.41, 5.74) is 8.03. The molecule has 0 saturated carbocycles. The molecule has 17 nitrogen and oxygen atoms in total. The van der Waals surface area contributed by atoms with Gasteiger partial charge in [-0.1, -0.05) is 133 Å². The standard InChI is InChI=1S/C20H17NO4.C13H12O3.C11H8O.C7H7NO2.C5H6ClN3O2/c22-18(15-10-9-13-5-1-2-6-14(13)11-15)12-19(23)21-17-8-4-3-7-16(17)20(24)25;14-12(8-13(15)16)11-6-5-9-3-1-2-4-10(9)7-11;12-8-9-5-6-10-3-1-2-4-11(10)7-9;8-6-4-2-1-3-5(6)7(9)10;1-10-4-7-3(6)8-5(9-4)11-2/h1-11,18,22H,12H2,(H,21,23)(H,24,25);1-7,12,14H,8H2,(H,15,16);1-8H;1-4H,8H2,(H,9,10);1-2H3. The number of hydrogen-bond acceptors (Lipinski definition) is 13. The number of carboxylic acid groups (broad SMARTS) is 3. The number of amides is 1. The number of nitrogens with one attached hydrogen (secondary N) is 1. The first-order chi connectivity index (χ1) is 35.6. The predicted molar refractivity (Wildman–Crippen MR) is 282 cm³/mol. The normalized spacial score (nSPS) is 11.0. The van der Waals surface area contributed by atoms with E-state index in [9.17, 15) is 34.2 Å². The highest BCUT2D eigenvalue weighted by Crippen LogP contribution is 2.25. The van der Waals surface area contributed by atoms with Crippen molar-refractivity contribution in [1.82, 2.24) is 15.0 Å². The van der Waals surface area contributed by atoms with Crippen molar-refractivity contribution in [2.24, 2.45) is 0 Å². The zero-order chi connectivity index (χ0) is 53.6. The van der Waals surface area contributed by atoms with E-state index in [1.807, 2.05) is 115 Å². The first-order valence-electron chi connectivity index (χ1n) is 22.3. The maximum absolute atomic E-state index is 12.2. The van der Waals surface area contributed by atoms with Gasteiger partial charge in [-0.25, -0.2) is 9.59 Å². The Kier molecular flexibility index (Phi) is 21.0.